The molecule has 0 aliphatic carbocycles. The SMILES string of the molecule is COc1ccccc1/C(N)=N/OCc1nnc(-c2ccccc2)n1C. The highest BCUT2D eigenvalue weighted by Gasteiger charge is 2.11. The van der Waals surface area contributed by atoms with Gasteiger partial charge in [-0.3, -0.25) is 0 Å². The molecule has 0 spiro atoms. The van der Waals surface area contributed by atoms with Crippen molar-refractivity contribution in [3.05, 3.63) is 66.0 Å². The molecule has 7 heteroatoms. The third-order valence-electron chi connectivity index (χ3n) is 3.74. The highest BCUT2D eigenvalue weighted by atomic mass is 16.6. The zero-order chi connectivity index (χ0) is 17.6. The molecule has 7 nitrogen and oxygen atoms in total. The molecule has 0 radical (unpaired) electrons. The number of rotatable bonds is 6. The molecule has 25 heavy (non-hydrogen) atoms. The molecule has 1 aromatic heterocycles. The van der Waals surface area contributed by atoms with E-state index in [0.717, 1.165) is 11.4 Å². The number of amidine groups is 1. The van der Waals surface area contributed by atoms with Crippen molar-refractivity contribution >= 4 is 5.84 Å². The molecule has 128 valence electrons. The van der Waals surface area contributed by atoms with Crippen molar-refractivity contribution in [1.29, 1.82) is 0 Å². The van der Waals surface area contributed by atoms with Crippen LogP contribution in [0.5, 0.6) is 5.75 Å². The van der Waals surface area contributed by atoms with E-state index in [-0.39, 0.29) is 12.4 Å². The maximum Gasteiger partial charge on any atom is 0.176 e. The van der Waals surface area contributed by atoms with Crippen LogP contribution in [0.15, 0.2) is 59.8 Å². The smallest absolute Gasteiger partial charge is 0.176 e. The van der Waals surface area contributed by atoms with Crippen molar-refractivity contribution in [1.82, 2.24) is 14.8 Å². The molecular weight excluding hydrogens is 318 g/mol. The third-order valence-corrected chi connectivity index (χ3v) is 3.74. The van der Waals surface area contributed by atoms with Crippen LogP contribution in [0.3, 0.4) is 0 Å². The van der Waals surface area contributed by atoms with E-state index in [9.17, 15) is 0 Å². The predicted molar refractivity (Wildman–Crippen MR) is 94.9 cm³/mol. The largest absolute Gasteiger partial charge is 0.496 e. The van der Waals surface area contributed by atoms with Gasteiger partial charge >= 0.3 is 0 Å². The quantitative estimate of drug-likeness (QED) is 0.424. The van der Waals surface area contributed by atoms with E-state index in [1.54, 1.807) is 7.11 Å². The Bertz CT molecular complexity index is 874. The summed E-state index contributed by atoms with van der Waals surface area (Å²) in [6.07, 6.45) is 0. The molecule has 2 aromatic carbocycles. The van der Waals surface area contributed by atoms with Gasteiger partial charge in [0.05, 0.1) is 12.7 Å². The lowest BCUT2D eigenvalue weighted by Gasteiger charge is -2.07. The maximum absolute atomic E-state index is 5.97. The summed E-state index contributed by atoms with van der Waals surface area (Å²) in [6, 6.07) is 17.2. The Morgan fingerprint density at radius 3 is 2.56 bits per heavy atom. The summed E-state index contributed by atoms with van der Waals surface area (Å²) in [6.45, 7) is 0.159. The highest BCUT2D eigenvalue weighted by Crippen LogP contribution is 2.18. The highest BCUT2D eigenvalue weighted by molar-refractivity contribution is 5.99. The van der Waals surface area contributed by atoms with Crippen LogP contribution in [0, 0.1) is 0 Å². The summed E-state index contributed by atoms with van der Waals surface area (Å²) in [5.41, 5.74) is 7.63. The minimum atomic E-state index is 0.159. The monoisotopic (exact) mass is 337 g/mol. The number of nitrogens with two attached hydrogens (primary N) is 1. The van der Waals surface area contributed by atoms with Crippen LogP contribution in [0.25, 0.3) is 11.4 Å². The lowest BCUT2D eigenvalue weighted by Crippen LogP contribution is -2.15. The summed E-state index contributed by atoms with van der Waals surface area (Å²) in [5.74, 6) is 2.29. The molecular formula is C18H19N5O2. The van der Waals surface area contributed by atoms with Crippen molar-refractivity contribution < 1.29 is 9.57 Å². The molecule has 1 heterocycles. The standard InChI is InChI=1S/C18H19N5O2/c1-23-16(20-21-18(23)13-8-4-3-5-9-13)12-25-22-17(19)14-10-6-7-11-15(14)24-2/h3-11H,12H2,1-2H3,(H2,19,22). The summed E-state index contributed by atoms with van der Waals surface area (Å²) in [7, 11) is 3.46. The molecule has 0 bridgehead atoms. The van der Waals surface area contributed by atoms with E-state index in [4.69, 9.17) is 15.3 Å². The summed E-state index contributed by atoms with van der Waals surface area (Å²) < 4.78 is 7.12. The first kappa shape index (κ1) is 16.5. The minimum Gasteiger partial charge on any atom is -0.496 e. The molecule has 3 rings (SSSR count). The van der Waals surface area contributed by atoms with Crippen LogP contribution in [-0.4, -0.2) is 27.7 Å². The molecule has 0 aliphatic heterocycles. The van der Waals surface area contributed by atoms with Crippen molar-refractivity contribution in [2.75, 3.05) is 7.11 Å². The fourth-order valence-corrected chi connectivity index (χ4v) is 2.39. The van der Waals surface area contributed by atoms with E-state index in [1.165, 1.54) is 0 Å². The van der Waals surface area contributed by atoms with Gasteiger partial charge in [0.25, 0.3) is 0 Å². The van der Waals surface area contributed by atoms with Crippen molar-refractivity contribution in [3.63, 3.8) is 0 Å². The first-order valence-electron chi connectivity index (χ1n) is 7.73. The van der Waals surface area contributed by atoms with Gasteiger partial charge in [-0.1, -0.05) is 47.6 Å². The lowest BCUT2D eigenvalue weighted by atomic mass is 10.2. The second-order valence-electron chi connectivity index (χ2n) is 5.32. The Morgan fingerprint density at radius 2 is 1.80 bits per heavy atom. The van der Waals surface area contributed by atoms with Gasteiger partial charge in [0.1, 0.15) is 5.75 Å². The van der Waals surface area contributed by atoms with Gasteiger partial charge < -0.3 is 19.9 Å². The van der Waals surface area contributed by atoms with E-state index >= 15 is 0 Å². The molecule has 0 fully saturated rings. The van der Waals surface area contributed by atoms with Gasteiger partial charge in [-0.25, -0.2) is 0 Å². The zero-order valence-corrected chi connectivity index (χ0v) is 14.1. The number of para-hydroxylation sites is 1. The molecule has 0 unspecified atom stereocenters. The summed E-state index contributed by atoms with van der Waals surface area (Å²) in [4.78, 5) is 5.35. The Hall–Kier alpha value is -3.35. The third kappa shape index (κ3) is 3.60. The average Bonchev–Trinajstić information content (AvgIpc) is 3.03. The van der Waals surface area contributed by atoms with Gasteiger partial charge in [0, 0.05) is 12.6 Å². The summed E-state index contributed by atoms with van der Waals surface area (Å²) >= 11 is 0. The van der Waals surface area contributed by atoms with Crippen molar-refractivity contribution in [2.24, 2.45) is 17.9 Å². The minimum absolute atomic E-state index is 0.159. The summed E-state index contributed by atoms with van der Waals surface area (Å²) in [5, 5.41) is 12.3. The van der Waals surface area contributed by atoms with Crippen LogP contribution in [-0.2, 0) is 18.5 Å². The first-order chi connectivity index (χ1) is 12.2. The number of nitrogens with zero attached hydrogens (tertiary/aromatic N) is 4. The number of benzene rings is 2. The number of methoxy groups -OCH3 is 1. The van der Waals surface area contributed by atoms with Crippen molar-refractivity contribution in [2.45, 2.75) is 6.61 Å². The normalized spacial score (nSPS) is 11.4. The Labute approximate surface area is 145 Å². The van der Waals surface area contributed by atoms with Crippen LogP contribution >= 0.6 is 0 Å². The lowest BCUT2D eigenvalue weighted by molar-refractivity contribution is 0.122. The predicted octanol–water partition coefficient (Wildman–Crippen LogP) is 2.33. The van der Waals surface area contributed by atoms with Crippen molar-refractivity contribution in [3.8, 4) is 17.1 Å². The number of oxime groups is 1. The number of hydrogen-bond donors (Lipinski definition) is 1. The van der Waals surface area contributed by atoms with E-state index in [1.807, 2.05) is 66.2 Å². The van der Waals surface area contributed by atoms with Crippen LogP contribution in [0.2, 0.25) is 0 Å². The van der Waals surface area contributed by atoms with Crippen LogP contribution in [0.4, 0.5) is 0 Å². The molecule has 0 saturated carbocycles. The van der Waals surface area contributed by atoms with Crippen LogP contribution < -0.4 is 10.5 Å². The maximum atomic E-state index is 5.97. The average molecular weight is 337 g/mol. The topological polar surface area (TPSA) is 87.6 Å². The first-order valence-corrected chi connectivity index (χ1v) is 7.73. The number of hydrogen-bond acceptors (Lipinski definition) is 5. The number of ether oxygens (including phenoxy) is 1. The molecule has 0 atom stereocenters. The van der Waals surface area contributed by atoms with Gasteiger partial charge in [0.2, 0.25) is 0 Å². The van der Waals surface area contributed by atoms with Gasteiger partial charge in [-0.15, -0.1) is 10.2 Å². The molecule has 3 aromatic rings. The second kappa shape index (κ2) is 7.48. The molecule has 2 N–H and O–H groups in total. The molecule has 0 amide bonds. The van der Waals surface area contributed by atoms with E-state index in [2.05, 4.69) is 15.4 Å². The Kier molecular flexibility index (Phi) is 4.94. The number of aromatic nitrogens is 3. The molecule has 0 saturated heterocycles. The van der Waals surface area contributed by atoms with Gasteiger partial charge in [-0.2, -0.15) is 0 Å². The zero-order valence-electron chi connectivity index (χ0n) is 14.1. The van der Waals surface area contributed by atoms with Crippen LogP contribution in [0.1, 0.15) is 11.4 Å². The Balaban J connectivity index is 1.71. The fraction of sp³-hybridized carbons (Fsp3) is 0.167. The molecule has 0 aliphatic rings. The van der Waals surface area contributed by atoms with Gasteiger partial charge in [0.15, 0.2) is 24.1 Å². The van der Waals surface area contributed by atoms with E-state index < -0.39 is 0 Å². The fourth-order valence-electron chi connectivity index (χ4n) is 2.39. The Morgan fingerprint density at radius 1 is 1.08 bits per heavy atom. The second-order valence-corrected chi connectivity index (χ2v) is 5.32. The van der Waals surface area contributed by atoms with Gasteiger partial charge in [-0.05, 0) is 12.1 Å². The van der Waals surface area contributed by atoms with E-state index in [0.29, 0.717) is 17.1 Å².